The normalized spacial score (nSPS) is 13.5. The lowest BCUT2D eigenvalue weighted by Gasteiger charge is -2.42. The van der Waals surface area contributed by atoms with Crippen LogP contribution in [-0.2, 0) is 11.2 Å². The van der Waals surface area contributed by atoms with Crippen LogP contribution in [0.2, 0.25) is 18.1 Å². The van der Waals surface area contributed by atoms with Crippen LogP contribution in [0.3, 0.4) is 0 Å². The van der Waals surface area contributed by atoms with E-state index in [0.717, 1.165) is 30.8 Å². The first-order valence-electron chi connectivity index (χ1n) is 11.5. The Morgan fingerprint density at radius 1 is 0.767 bits per heavy atom. The molecule has 0 aliphatic heterocycles. The van der Waals surface area contributed by atoms with Gasteiger partial charge in [0.1, 0.15) is 22.7 Å². The second-order valence-electron chi connectivity index (χ2n) is 11.3. The summed E-state index contributed by atoms with van der Waals surface area (Å²) in [5, 5.41) is 0.156. The van der Waals surface area contributed by atoms with E-state index in [1.165, 1.54) is 22.3 Å². The van der Waals surface area contributed by atoms with E-state index in [0.29, 0.717) is 0 Å². The highest BCUT2D eigenvalue weighted by molar-refractivity contribution is 6.74. The molecule has 174 valence electrons. The summed E-state index contributed by atoms with van der Waals surface area (Å²) in [5.41, 5.74) is 4.00. The molecule has 30 heavy (non-hydrogen) atoms. The van der Waals surface area contributed by atoms with Crippen molar-refractivity contribution in [2.75, 3.05) is 7.11 Å². The van der Waals surface area contributed by atoms with Crippen LogP contribution in [0.5, 0.6) is 11.5 Å². The molecule has 1 aromatic carbocycles. The van der Waals surface area contributed by atoms with Crippen molar-refractivity contribution in [3.8, 4) is 11.5 Å². The summed E-state index contributed by atoms with van der Waals surface area (Å²) < 4.78 is 19.4. The van der Waals surface area contributed by atoms with Crippen LogP contribution in [0.25, 0.3) is 0 Å². The van der Waals surface area contributed by atoms with Crippen molar-refractivity contribution in [2.24, 2.45) is 0 Å². The van der Waals surface area contributed by atoms with Crippen molar-refractivity contribution < 1.29 is 13.9 Å². The summed E-state index contributed by atoms with van der Waals surface area (Å²) >= 11 is 0. The number of hydrogen-bond acceptors (Lipinski definition) is 3. The number of ether oxygens (including phenoxy) is 2. The molecular formula is C26H48O3Si. The van der Waals surface area contributed by atoms with E-state index in [4.69, 9.17) is 13.9 Å². The summed E-state index contributed by atoms with van der Waals surface area (Å²) in [6, 6.07) is 0. The fourth-order valence-electron chi connectivity index (χ4n) is 3.13. The summed E-state index contributed by atoms with van der Waals surface area (Å²) in [4.78, 5) is 0. The van der Waals surface area contributed by atoms with Gasteiger partial charge in [0.25, 0.3) is 8.32 Å². The van der Waals surface area contributed by atoms with Gasteiger partial charge >= 0.3 is 0 Å². The molecule has 0 spiro atoms. The van der Waals surface area contributed by atoms with Crippen molar-refractivity contribution in [2.45, 2.75) is 125 Å². The molecule has 0 aliphatic carbocycles. The summed E-state index contributed by atoms with van der Waals surface area (Å²) in [5.74, 6) is 2.08. The molecule has 0 amide bonds. The minimum absolute atomic E-state index is 0.156. The third-order valence-corrected chi connectivity index (χ3v) is 11.9. The van der Waals surface area contributed by atoms with Gasteiger partial charge in [0.2, 0.25) is 0 Å². The van der Waals surface area contributed by atoms with E-state index >= 15 is 0 Å². The number of benzene rings is 1. The quantitative estimate of drug-likeness (QED) is 0.368. The van der Waals surface area contributed by atoms with E-state index in [-0.39, 0.29) is 5.04 Å². The molecule has 0 saturated heterocycles. The molecule has 0 aliphatic rings. The van der Waals surface area contributed by atoms with Crippen molar-refractivity contribution in [1.29, 1.82) is 0 Å². The molecule has 3 nitrogen and oxygen atoms in total. The van der Waals surface area contributed by atoms with Crippen LogP contribution in [-0.4, -0.2) is 26.6 Å². The van der Waals surface area contributed by atoms with Crippen LogP contribution in [0.15, 0.2) is 0 Å². The van der Waals surface area contributed by atoms with Crippen LogP contribution < -0.4 is 9.16 Å². The molecule has 0 atom stereocenters. The van der Waals surface area contributed by atoms with E-state index in [1.54, 1.807) is 7.11 Å². The van der Waals surface area contributed by atoms with Gasteiger partial charge in [-0.2, -0.15) is 0 Å². The van der Waals surface area contributed by atoms with Crippen LogP contribution in [0, 0.1) is 20.8 Å². The number of rotatable bonds is 9. The SMILES string of the molecule is CCCCc1c(C)c(O[Si](C)(C)C(C)(C)C)c(C)c(C)c1OC(C)(C)C(C)(C)OC. The van der Waals surface area contributed by atoms with Gasteiger partial charge in [-0.3, -0.25) is 0 Å². The maximum absolute atomic E-state index is 6.86. The standard InChI is InChI=1S/C26H48O3Si/c1-15-16-17-21-20(4)22(29-30(13,14)24(5,6)7)18(2)19(3)23(21)28-26(10,11)25(8,9)27-12/h15-17H2,1-14H3. The minimum Gasteiger partial charge on any atom is -0.543 e. The third kappa shape index (κ3) is 5.42. The zero-order chi connectivity index (χ0) is 23.7. The highest BCUT2D eigenvalue weighted by Gasteiger charge is 2.42. The second-order valence-corrected chi connectivity index (χ2v) is 16.0. The lowest BCUT2D eigenvalue weighted by molar-refractivity contribution is -0.115. The highest BCUT2D eigenvalue weighted by atomic mass is 28.4. The predicted octanol–water partition coefficient (Wildman–Crippen LogP) is 7.92. The zero-order valence-corrected chi connectivity index (χ0v) is 23.3. The molecule has 0 fully saturated rings. The zero-order valence-electron chi connectivity index (χ0n) is 22.3. The van der Waals surface area contributed by atoms with Gasteiger partial charge in [0, 0.05) is 12.7 Å². The number of hydrogen-bond donors (Lipinski definition) is 0. The lowest BCUT2D eigenvalue weighted by atomic mass is 9.88. The van der Waals surface area contributed by atoms with Crippen LogP contribution >= 0.6 is 0 Å². The molecule has 0 saturated carbocycles. The first-order valence-corrected chi connectivity index (χ1v) is 14.4. The maximum Gasteiger partial charge on any atom is 0.250 e. The Bertz CT molecular complexity index is 740. The van der Waals surface area contributed by atoms with E-state index in [2.05, 4.69) is 89.3 Å². The molecule has 0 unspecified atom stereocenters. The molecule has 0 bridgehead atoms. The Labute approximate surface area is 188 Å². The molecule has 0 N–H and O–H groups in total. The van der Waals surface area contributed by atoms with Crippen molar-refractivity contribution >= 4 is 8.32 Å². The topological polar surface area (TPSA) is 27.7 Å². The fourth-order valence-corrected chi connectivity index (χ4v) is 4.26. The Kier molecular flexibility index (Phi) is 8.32. The Balaban J connectivity index is 3.66. The van der Waals surface area contributed by atoms with Crippen molar-refractivity contribution in [1.82, 2.24) is 0 Å². The van der Waals surface area contributed by atoms with Gasteiger partial charge in [0.15, 0.2) is 0 Å². The van der Waals surface area contributed by atoms with Gasteiger partial charge in [-0.1, -0.05) is 34.1 Å². The molecule has 1 aromatic rings. The Hall–Kier alpha value is -1.00. The van der Waals surface area contributed by atoms with E-state index in [9.17, 15) is 0 Å². The molecule has 0 heterocycles. The first kappa shape index (κ1) is 27.0. The van der Waals surface area contributed by atoms with Gasteiger partial charge < -0.3 is 13.9 Å². The summed E-state index contributed by atoms with van der Waals surface area (Å²) in [6.07, 6.45) is 3.28. The van der Waals surface area contributed by atoms with Gasteiger partial charge in [-0.15, -0.1) is 0 Å². The Morgan fingerprint density at radius 3 is 1.70 bits per heavy atom. The fraction of sp³-hybridized carbons (Fsp3) is 0.769. The van der Waals surface area contributed by atoms with Gasteiger partial charge in [-0.05, 0) is 96.1 Å². The summed E-state index contributed by atoms with van der Waals surface area (Å²) in [6.45, 7) is 28.7. The Morgan fingerprint density at radius 2 is 1.27 bits per heavy atom. The third-order valence-electron chi connectivity index (χ3n) is 7.57. The molecule has 1 rings (SSSR count). The van der Waals surface area contributed by atoms with E-state index < -0.39 is 19.5 Å². The van der Waals surface area contributed by atoms with Gasteiger partial charge in [0.05, 0.1) is 0 Å². The monoisotopic (exact) mass is 436 g/mol. The number of unbranched alkanes of at least 4 members (excludes halogenated alkanes) is 1. The van der Waals surface area contributed by atoms with Crippen LogP contribution in [0.1, 0.15) is 90.5 Å². The van der Waals surface area contributed by atoms with Gasteiger partial charge in [-0.25, -0.2) is 0 Å². The molecule has 0 radical (unpaired) electrons. The molecular weight excluding hydrogens is 388 g/mol. The average Bonchev–Trinajstić information content (AvgIpc) is 2.61. The lowest BCUT2D eigenvalue weighted by Crippen LogP contribution is -2.51. The first-order chi connectivity index (χ1) is 13.4. The molecule has 4 heteroatoms. The van der Waals surface area contributed by atoms with E-state index in [1.807, 2.05) is 0 Å². The van der Waals surface area contributed by atoms with Crippen molar-refractivity contribution in [3.63, 3.8) is 0 Å². The van der Waals surface area contributed by atoms with Crippen molar-refractivity contribution in [3.05, 3.63) is 22.3 Å². The minimum atomic E-state index is -1.95. The second kappa shape index (κ2) is 9.24. The average molecular weight is 437 g/mol. The summed E-state index contributed by atoms with van der Waals surface area (Å²) in [7, 11) is -0.194. The maximum atomic E-state index is 6.86. The molecule has 0 aromatic heterocycles. The largest absolute Gasteiger partial charge is 0.543 e. The number of methoxy groups -OCH3 is 1. The van der Waals surface area contributed by atoms with Crippen LogP contribution in [0.4, 0.5) is 0 Å². The predicted molar refractivity (Wildman–Crippen MR) is 133 cm³/mol. The smallest absolute Gasteiger partial charge is 0.250 e. The highest BCUT2D eigenvalue weighted by Crippen LogP contribution is 2.45.